The Morgan fingerprint density at radius 3 is 2.52 bits per heavy atom. The van der Waals surface area contributed by atoms with Crippen LogP contribution < -0.4 is 10.2 Å². The number of nitrogens with one attached hydrogen (secondary N) is 1. The van der Waals surface area contributed by atoms with Crippen molar-refractivity contribution in [3.05, 3.63) is 86.7 Å². The van der Waals surface area contributed by atoms with E-state index in [9.17, 15) is 19.7 Å². The molecule has 2 aromatic carbocycles. The normalized spacial score (nSPS) is 15.2. The lowest BCUT2D eigenvalue weighted by molar-refractivity contribution is -0.384. The molecule has 0 spiro atoms. The number of aryl methyl sites for hydroxylation is 2. The van der Waals surface area contributed by atoms with Gasteiger partial charge in [-0.25, -0.2) is 0 Å². The predicted octanol–water partition coefficient (Wildman–Crippen LogP) is 4.61. The first-order valence-electron chi connectivity index (χ1n) is 10.0. The van der Waals surface area contributed by atoms with Gasteiger partial charge in [-0.1, -0.05) is 12.1 Å². The predicted molar refractivity (Wildman–Crippen MR) is 128 cm³/mol. The van der Waals surface area contributed by atoms with Crippen LogP contribution in [0.2, 0.25) is 0 Å². The Morgan fingerprint density at radius 2 is 1.82 bits per heavy atom. The topological polar surface area (TPSA) is 106 Å². The van der Waals surface area contributed by atoms with Crippen LogP contribution in [0.15, 0.2) is 58.5 Å². The Labute approximate surface area is 194 Å². The van der Waals surface area contributed by atoms with Crippen molar-refractivity contribution in [1.29, 1.82) is 0 Å². The fraction of sp³-hybridized carbons (Fsp3) is 0.125. The van der Waals surface area contributed by atoms with E-state index in [1.165, 1.54) is 23.1 Å². The fourth-order valence-corrected chi connectivity index (χ4v) is 3.88. The van der Waals surface area contributed by atoms with E-state index in [2.05, 4.69) is 5.32 Å². The first kappa shape index (κ1) is 22.1. The SMILES string of the molecule is Cc1cc([N+](=O)[O-])ccc1-c1ccc(/C=C2/C(=O)NC(=S)N(c3cccc(C)c3C)C2=O)o1. The van der Waals surface area contributed by atoms with Gasteiger partial charge in [0.1, 0.15) is 17.1 Å². The Morgan fingerprint density at radius 1 is 1.06 bits per heavy atom. The Bertz CT molecular complexity index is 1370. The van der Waals surface area contributed by atoms with Crippen molar-refractivity contribution in [3.63, 3.8) is 0 Å². The molecule has 33 heavy (non-hydrogen) atoms. The summed E-state index contributed by atoms with van der Waals surface area (Å²) in [6.45, 7) is 5.55. The minimum absolute atomic E-state index is 0.0116. The molecule has 8 nitrogen and oxygen atoms in total. The Kier molecular flexibility index (Phi) is 5.65. The molecule has 1 aliphatic heterocycles. The third kappa shape index (κ3) is 4.06. The molecule has 0 bridgehead atoms. The van der Waals surface area contributed by atoms with Gasteiger partial charge in [-0.3, -0.25) is 29.9 Å². The number of nitro benzene ring substituents is 1. The summed E-state index contributed by atoms with van der Waals surface area (Å²) in [5.41, 5.74) is 3.65. The highest BCUT2D eigenvalue weighted by Crippen LogP contribution is 2.30. The summed E-state index contributed by atoms with van der Waals surface area (Å²) < 4.78 is 5.83. The molecule has 0 radical (unpaired) electrons. The van der Waals surface area contributed by atoms with Gasteiger partial charge in [0, 0.05) is 17.7 Å². The molecule has 1 N–H and O–H groups in total. The highest BCUT2D eigenvalue weighted by atomic mass is 32.1. The number of amides is 2. The van der Waals surface area contributed by atoms with E-state index in [0.717, 1.165) is 11.1 Å². The molecular weight excluding hydrogens is 442 g/mol. The average Bonchev–Trinajstić information content (AvgIpc) is 3.22. The number of benzene rings is 2. The van der Waals surface area contributed by atoms with Crippen LogP contribution in [0.5, 0.6) is 0 Å². The third-order valence-electron chi connectivity index (χ3n) is 5.52. The molecule has 0 atom stereocenters. The molecule has 9 heteroatoms. The largest absolute Gasteiger partial charge is 0.457 e. The Balaban J connectivity index is 1.69. The molecular formula is C24H19N3O5S. The van der Waals surface area contributed by atoms with Crippen molar-refractivity contribution in [2.75, 3.05) is 4.90 Å². The fourth-order valence-electron chi connectivity index (χ4n) is 3.61. The lowest BCUT2D eigenvalue weighted by Gasteiger charge is -2.30. The van der Waals surface area contributed by atoms with E-state index in [0.29, 0.717) is 22.6 Å². The van der Waals surface area contributed by atoms with Crippen LogP contribution in [0.25, 0.3) is 17.4 Å². The first-order chi connectivity index (χ1) is 15.7. The second-order valence-corrected chi connectivity index (χ2v) is 8.02. The van der Waals surface area contributed by atoms with E-state index >= 15 is 0 Å². The van der Waals surface area contributed by atoms with Crippen LogP contribution in [0.1, 0.15) is 22.5 Å². The molecule has 1 aromatic heterocycles. The van der Waals surface area contributed by atoms with Crippen LogP contribution in [0.3, 0.4) is 0 Å². The quantitative estimate of drug-likeness (QED) is 0.200. The summed E-state index contributed by atoms with van der Waals surface area (Å²) in [6.07, 6.45) is 1.36. The van der Waals surface area contributed by atoms with Gasteiger partial charge in [0.25, 0.3) is 17.5 Å². The van der Waals surface area contributed by atoms with Gasteiger partial charge in [-0.2, -0.15) is 0 Å². The summed E-state index contributed by atoms with van der Waals surface area (Å²) >= 11 is 5.27. The monoisotopic (exact) mass is 461 g/mol. The van der Waals surface area contributed by atoms with Crippen LogP contribution in [-0.4, -0.2) is 21.9 Å². The van der Waals surface area contributed by atoms with Crippen molar-refractivity contribution in [1.82, 2.24) is 5.32 Å². The molecule has 1 aliphatic rings. The third-order valence-corrected chi connectivity index (χ3v) is 5.80. The molecule has 3 aromatic rings. The minimum Gasteiger partial charge on any atom is -0.457 e. The van der Waals surface area contributed by atoms with Crippen LogP contribution in [0, 0.1) is 30.9 Å². The molecule has 1 saturated heterocycles. The van der Waals surface area contributed by atoms with Gasteiger partial charge in [-0.05, 0) is 80.0 Å². The van der Waals surface area contributed by atoms with E-state index in [4.69, 9.17) is 16.6 Å². The van der Waals surface area contributed by atoms with Crippen molar-refractivity contribution in [2.45, 2.75) is 20.8 Å². The molecule has 2 amide bonds. The second-order valence-electron chi connectivity index (χ2n) is 7.64. The lowest BCUT2D eigenvalue weighted by atomic mass is 10.0. The van der Waals surface area contributed by atoms with Crippen molar-refractivity contribution in [3.8, 4) is 11.3 Å². The Hall–Kier alpha value is -4.11. The van der Waals surface area contributed by atoms with Gasteiger partial charge in [0.15, 0.2) is 5.11 Å². The van der Waals surface area contributed by atoms with Crippen molar-refractivity contribution in [2.24, 2.45) is 0 Å². The number of nitrogens with zero attached hydrogens (tertiary/aromatic N) is 2. The van der Waals surface area contributed by atoms with Crippen LogP contribution in [-0.2, 0) is 9.59 Å². The number of thiocarbonyl (C=S) groups is 1. The zero-order valence-corrected chi connectivity index (χ0v) is 18.9. The van der Waals surface area contributed by atoms with Crippen molar-refractivity contribution < 1.29 is 18.9 Å². The molecule has 0 unspecified atom stereocenters. The number of anilines is 1. The number of carbonyl (C=O) groups excluding carboxylic acids is 2. The van der Waals surface area contributed by atoms with E-state index in [1.54, 1.807) is 31.2 Å². The van der Waals surface area contributed by atoms with Crippen LogP contribution in [0.4, 0.5) is 11.4 Å². The highest BCUT2D eigenvalue weighted by Gasteiger charge is 2.35. The second kappa shape index (κ2) is 8.44. The van der Waals surface area contributed by atoms with Gasteiger partial charge in [0.05, 0.1) is 10.6 Å². The molecule has 0 saturated carbocycles. The zero-order chi connectivity index (χ0) is 23.9. The maximum absolute atomic E-state index is 13.3. The summed E-state index contributed by atoms with van der Waals surface area (Å²) in [5, 5.41) is 13.5. The number of hydrogen-bond acceptors (Lipinski definition) is 6. The van der Waals surface area contributed by atoms with E-state index < -0.39 is 16.7 Å². The van der Waals surface area contributed by atoms with E-state index in [1.807, 2.05) is 26.0 Å². The van der Waals surface area contributed by atoms with Gasteiger partial charge >= 0.3 is 0 Å². The number of non-ortho nitro benzene ring substituents is 1. The summed E-state index contributed by atoms with van der Waals surface area (Å²) in [6, 6.07) is 13.3. The number of nitro groups is 1. The van der Waals surface area contributed by atoms with E-state index in [-0.39, 0.29) is 22.1 Å². The molecule has 1 fully saturated rings. The highest BCUT2D eigenvalue weighted by molar-refractivity contribution is 7.80. The molecule has 0 aliphatic carbocycles. The number of hydrogen-bond donors (Lipinski definition) is 1. The maximum Gasteiger partial charge on any atom is 0.270 e. The summed E-state index contributed by atoms with van der Waals surface area (Å²) in [5.74, 6) is -0.423. The standard InChI is InChI=1S/C24H19N3O5S/c1-13-5-4-6-20(15(13)3)26-23(29)19(22(28)25-24(26)33)12-17-8-10-21(32-17)18-9-7-16(27(30)31)11-14(18)2/h4-12H,1-3H3,(H,25,28,33)/b19-12-. The van der Waals surface area contributed by atoms with Crippen molar-refractivity contribution >= 4 is 46.6 Å². The van der Waals surface area contributed by atoms with Crippen LogP contribution >= 0.6 is 12.2 Å². The summed E-state index contributed by atoms with van der Waals surface area (Å²) in [4.78, 5) is 37.6. The van der Waals surface area contributed by atoms with Gasteiger partial charge in [0.2, 0.25) is 0 Å². The number of carbonyl (C=O) groups is 2. The van der Waals surface area contributed by atoms with Gasteiger partial charge < -0.3 is 4.42 Å². The lowest BCUT2D eigenvalue weighted by Crippen LogP contribution is -2.54. The number of rotatable bonds is 4. The average molecular weight is 461 g/mol. The number of furan rings is 1. The summed E-state index contributed by atoms with van der Waals surface area (Å²) in [7, 11) is 0. The smallest absolute Gasteiger partial charge is 0.270 e. The molecule has 2 heterocycles. The molecule has 4 rings (SSSR count). The van der Waals surface area contributed by atoms with Gasteiger partial charge in [-0.15, -0.1) is 0 Å². The first-order valence-corrected chi connectivity index (χ1v) is 10.4. The molecule has 166 valence electrons. The zero-order valence-electron chi connectivity index (χ0n) is 18.0. The minimum atomic E-state index is -0.615. The maximum atomic E-state index is 13.3.